The first-order chi connectivity index (χ1) is 8.70. The number of benzene rings is 1. The van der Waals surface area contributed by atoms with E-state index in [4.69, 9.17) is 4.74 Å². The van der Waals surface area contributed by atoms with Crippen molar-refractivity contribution in [3.63, 3.8) is 0 Å². The van der Waals surface area contributed by atoms with Crippen molar-refractivity contribution in [2.24, 2.45) is 5.10 Å². The van der Waals surface area contributed by atoms with Crippen LogP contribution in [0.1, 0.15) is 5.56 Å². The van der Waals surface area contributed by atoms with Crippen molar-refractivity contribution >= 4 is 6.21 Å². The van der Waals surface area contributed by atoms with Crippen LogP contribution in [-0.4, -0.2) is 61.6 Å². The molecule has 18 heavy (non-hydrogen) atoms. The largest absolute Gasteiger partial charge is 0.504 e. The van der Waals surface area contributed by atoms with Gasteiger partial charge in [-0.25, -0.2) is 0 Å². The molecular formula is C13H19N3O2. The van der Waals surface area contributed by atoms with Crippen molar-refractivity contribution in [2.45, 2.75) is 0 Å². The van der Waals surface area contributed by atoms with E-state index >= 15 is 0 Å². The molecule has 1 aromatic rings. The molecule has 0 aromatic heterocycles. The second-order valence-corrected chi connectivity index (χ2v) is 4.40. The highest BCUT2D eigenvalue weighted by molar-refractivity contribution is 5.84. The van der Waals surface area contributed by atoms with E-state index in [-0.39, 0.29) is 5.75 Å². The summed E-state index contributed by atoms with van der Waals surface area (Å²) in [6.45, 7) is 3.86. The van der Waals surface area contributed by atoms with Crippen molar-refractivity contribution in [2.75, 3.05) is 40.3 Å². The maximum Gasteiger partial charge on any atom is 0.166 e. The summed E-state index contributed by atoms with van der Waals surface area (Å²) in [5, 5.41) is 16.3. The lowest BCUT2D eigenvalue weighted by Crippen LogP contribution is -2.41. The Labute approximate surface area is 107 Å². The van der Waals surface area contributed by atoms with Crippen molar-refractivity contribution < 1.29 is 9.84 Å². The van der Waals surface area contributed by atoms with Crippen LogP contribution in [0.2, 0.25) is 0 Å². The summed E-state index contributed by atoms with van der Waals surface area (Å²) >= 11 is 0. The molecule has 98 valence electrons. The highest BCUT2D eigenvalue weighted by Gasteiger charge is 2.11. The van der Waals surface area contributed by atoms with Gasteiger partial charge >= 0.3 is 0 Å². The smallest absolute Gasteiger partial charge is 0.166 e. The lowest BCUT2D eigenvalue weighted by molar-refractivity contribution is 0.159. The topological polar surface area (TPSA) is 48.3 Å². The normalized spacial score (nSPS) is 17.3. The van der Waals surface area contributed by atoms with Gasteiger partial charge in [0.15, 0.2) is 11.5 Å². The van der Waals surface area contributed by atoms with Gasteiger partial charge in [0.05, 0.1) is 13.3 Å². The Morgan fingerprint density at radius 2 is 2.00 bits per heavy atom. The number of hydrazone groups is 1. The number of hydrogen-bond donors (Lipinski definition) is 1. The number of para-hydroxylation sites is 1. The van der Waals surface area contributed by atoms with Gasteiger partial charge in [-0.15, -0.1) is 0 Å². The van der Waals surface area contributed by atoms with Crippen molar-refractivity contribution in [1.82, 2.24) is 9.91 Å². The monoisotopic (exact) mass is 249 g/mol. The number of nitrogens with zero attached hydrogens (tertiary/aromatic N) is 3. The molecule has 1 N–H and O–H groups in total. The average molecular weight is 249 g/mol. The summed E-state index contributed by atoms with van der Waals surface area (Å²) in [4.78, 5) is 2.27. The van der Waals surface area contributed by atoms with Gasteiger partial charge in [0.2, 0.25) is 0 Å². The third-order valence-corrected chi connectivity index (χ3v) is 3.09. The van der Waals surface area contributed by atoms with E-state index in [1.54, 1.807) is 12.3 Å². The van der Waals surface area contributed by atoms with Gasteiger partial charge in [0.1, 0.15) is 0 Å². The summed E-state index contributed by atoms with van der Waals surface area (Å²) in [6, 6.07) is 5.38. The Hall–Kier alpha value is -1.75. The molecule has 0 unspecified atom stereocenters. The van der Waals surface area contributed by atoms with Crippen LogP contribution in [0.5, 0.6) is 11.5 Å². The molecule has 1 heterocycles. The molecule has 1 aliphatic heterocycles. The predicted molar refractivity (Wildman–Crippen MR) is 71.3 cm³/mol. The Balaban J connectivity index is 2.05. The lowest BCUT2D eigenvalue weighted by atomic mass is 10.2. The van der Waals surface area contributed by atoms with E-state index < -0.39 is 0 Å². The predicted octanol–water partition coefficient (Wildman–Crippen LogP) is 0.982. The number of likely N-dealkylation sites (N-methyl/N-ethyl adjacent to an activating group) is 1. The van der Waals surface area contributed by atoms with Crippen LogP contribution in [0, 0.1) is 0 Å². The van der Waals surface area contributed by atoms with Crippen molar-refractivity contribution in [3.8, 4) is 11.5 Å². The highest BCUT2D eigenvalue weighted by Crippen LogP contribution is 2.28. The maximum absolute atomic E-state index is 9.92. The Morgan fingerprint density at radius 3 is 2.67 bits per heavy atom. The molecule has 2 rings (SSSR count). The van der Waals surface area contributed by atoms with Crippen LogP contribution < -0.4 is 4.74 Å². The van der Waals surface area contributed by atoms with Crippen molar-refractivity contribution in [3.05, 3.63) is 23.8 Å². The van der Waals surface area contributed by atoms with Gasteiger partial charge < -0.3 is 14.7 Å². The zero-order valence-corrected chi connectivity index (χ0v) is 10.8. The molecule has 1 aromatic carbocycles. The first kappa shape index (κ1) is 12.7. The van der Waals surface area contributed by atoms with E-state index in [2.05, 4.69) is 17.0 Å². The van der Waals surface area contributed by atoms with Crippen LogP contribution in [0.4, 0.5) is 0 Å². The minimum absolute atomic E-state index is 0.137. The molecule has 0 aliphatic carbocycles. The fourth-order valence-electron chi connectivity index (χ4n) is 1.86. The first-order valence-corrected chi connectivity index (χ1v) is 6.04. The zero-order chi connectivity index (χ0) is 13.0. The van der Waals surface area contributed by atoms with E-state index in [9.17, 15) is 5.11 Å². The fraction of sp³-hybridized carbons (Fsp3) is 0.462. The molecule has 0 spiro atoms. The first-order valence-electron chi connectivity index (χ1n) is 6.04. The number of phenolic OH excluding ortho intramolecular Hbond substituents is 1. The number of ether oxygens (including phenoxy) is 1. The van der Waals surface area contributed by atoms with Gasteiger partial charge in [-0.1, -0.05) is 6.07 Å². The Kier molecular flexibility index (Phi) is 4.04. The molecule has 1 saturated heterocycles. The number of piperazine rings is 1. The van der Waals surface area contributed by atoms with E-state index in [0.29, 0.717) is 11.3 Å². The molecule has 0 atom stereocenters. The van der Waals surface area contributed by atoms with Gasteiger partial charge in [0, 0.05) is 31.7 Å². The summed E-state index contributed by atoms with van der Waals surface area (Å²) in [5.41, 5.74) is 0.674. The SMILES string of the molecule is COc1cccc(/C=N/N2CCN(C)CC2)c1O. The number of rotatable bonds is 3. The van der Waals surface area contributed by atoms with Crippen LogP contribution >= 0.6 is 0 Å². The zero-order valence-electron chi connectivity index (χ0n) is 10.8. The van der Waals surface area contributed by atoms with Gasteiger partial charge in [-0.3, -0.25) is 5.01 Å². The number of phenols is 1. The van der Waals surface area contributed by atoms with Crippen LogP contribution in [0.15, 0.2) is 23.3 Å². The molecule has 0 radical (unpaired) electrons. The minimum Gasteiger partial charge on any atom is -0.504 e. The molecule has 5 nitrogen and oxygen atoms in total. The minimum atomic E-state index is 0.137. The second kappa shape index (κ2) is 5.73. The summed E-state index contributed by atoms with van der Waals surface area (Å²) in [5.74, 6) is 0.607. The lowest BCUT2D eigenvalue weighted by Gasteiger charge is -2.30. The van der Waals surface area contributed by atoms with Crippen molar-refractivity contribution in [1.29, 1.82) is 0 Å². The molecule has 0 amide bonds. The van der Waals surface area contributed by atoms with E-state index in [0.717, 1.165) is 26.2 Å². The van der Waals surface area contributed by atoms with Gasteiger partial charge in [-0.05, 0) is 19.2 Å². The molecule has 5 heteroatoms. The average Bonchev–Trinajstić information content (AvgIpc) is 2.39. The van der Waals surface area contributed by atoms with Crippen LogP contribution in [-0.2, 0) is 0 Å². The van der Waals surface area contributed by atoms with E-state index in [1.165, 1.54) is 7.11 Å². The van der Waals surface area contributed by atoms with Crippen LogP contribution in [0.25, 0.3) is 0 Å². The highest BCUT2D eigenvalue weighted by atomic mass is 16.5. The van der Waals surface area contributed by atoms with E-state index in [1.807, 2.05) is 17.1 Å². The number of methoxy groups -OCH3 is 1. The van der Waals surface area contributed by atoms with Gasteiger partial charge in [-0.2, -0.15) is 5.10 Å². The number of aromatic hydroxyl groups is 1. The summed E-state index contributed by atoms with van der Waals surface area (Å²) < 4.78 is 5.06. The fourth-order valence-corrected chi connectivity index (χ4v) is 1.86. The molecule has 1 aliphatic rings. The standard InChI is InChI=1S/C13H19N3O2/c1-15-6-8-16(9-7-15)14-10-11-4-3-5-12(18-2)13(11)17/h3-5,10,17H,6-9H2,1-2H3/b14-10+. The summed E-state index contributed by atoms with van der Waals surface area (Å²) in [7, 11) is 3.64. The second-order valence-electron chi connectivity index (χ2n) is 4.40. The molecule has 0 bridgehead atoms. The van der Waals surface area contributed by atoms with Crippen LogP contribution in [0.3, 0.4) is 0 Å². The third kappa shape index (κ3) is 2.92. The Morgan fingerprint density at radius 1 is 1.28 bits per heavy atom. The molecule has 0 saturated carbocycles. The maximum atomic E-state index is 9.92. The van der Waals surface area contributed by atoms with Gasteiger partial charge in [0.25, 0.3) is 0 Å². The molecular weight excluding hydrogens is 230 g/mol. The quantitative estimate of drug-likeness (QED) is 0.811. The third-order valence-electron chi connectivity index (χ3n) is 3.09. The summed E-state index contributed by atoms with van der Waals surface area (Å²) in [6.07, 6.45) is 1.68. The number of hydrogen-bond acceptors (Lipinski definition) is 5. The molecule has 1 fully saturated rings. The Bertz CT molecular complexity index is 426.